The molecule has 112 valence electrons. The second-order valence-electron chi connectivity index (χ2n) is 4.07. The summed E-state index contributed by atoms with van der Waals surface area (Å²) in [7, 11) is -3.93. The highest BCUT2D eigenvalue weighted by Gasteiger charge is 2.23. The van der Waals surface area contributed by atoms with Crippen LogP contribution in [0.3, 0.4) is 0 Å². The molecule has 0 atom stereocenters. The number of benzene rings is 1. The first-order valence-electron chi connectivity index (χ1n) is 5.51. The second kappa shape index (κ2) is 6.42. The van der Waals surface area contributed by atoms with E-state index in [1.807, 2.05) is 0 Å². The van der Waals surface area contributed by atoms with Gasteiger partial charge in [0.05, 0.1) is 15.7 Å². The van der Waals surface area contributed by atoms with E-state index in [0.717, 1.165) is 4.47 Å². The van der Waals surface area contributed by atoms with Gasteiger partial charge in [0.1, 0.15) is 10.7 Å². The molecule has 0 fully saturated rings. The summed E-state index contributed by atoms with van der Waals surface area (Å²) in [5, 5.41) is 0.0476. The maximum absolute atomic E-state index is 12.4. The Morgan fingerprint density at radius 3 is 2.24 bits per heavy atom. The molecule has 2 rings (SSSR count). The lowest BCUT2D eigenvalue weighted by Gasteiger charge is -2.11. The lowest BCUT2D eigenvalue weighted by Crippen LogP contribution is -2.15. The second-order valence-corrected chi connectivity index (χ2v) is 8.27. The van der Waals surface area contributed by atoms with Crippen molar-refractivity contribution in [3.8, 4) is 0 Å². The van der Waals surface area contributed by atoms with Crippen LogP contribution in [0.4, 0.5) is 5.82 Å². The van der Waals surface area contributed by atoms with Gasteiger partial charge in [-0.3, -0.25) is 4.72 Å². The van der Waals surface area contributed by atoms with Crippen molar-refractivity contribution in [2.75, 3.05) is 4.72 Å². The molecule has 4 nitrogen and oxygen atoms in total. The van der Waals surface area contributed by atoms with Crippen molar-refractivity contribution in [1.29, 1.82) is 0 Å². The monoisotopic (exact) mass is 472 g/mol. The van der Waals surface area contributed by atoms with E-state index in [1.54, 1.807) is 13.0 Å². The smallest absolute Gasteiger partial charge is 0.263 e. The lowest BCUT2D eigenvalue weighted by atomic mass is 10.4. The Morgan fingerprint density at radius 1 is 1.14 bits per heavy atom. The van der Waals surface area contributed by atoms with Gasteiger partial charge in [-0.2, -0.15) is 0 Å². The van der Waals surface area contributed by atoms with Gasteiger partial charge in [0.25, 0.3) is 10.0 Å². The number of hydrogen-bond acceptors (Lipinski definition) is 3. The van der Waals surface area contributed by atoms with Crippen LogP contribution in [0.1, 0.15) is 5.69 Å². The molecule has 9 heteroatoms. The lowest BCUT2D eigenvalue weighted by molar-refractivity contribution is 0.601. The Kier molecular flexibility index (Phi) is 5.20. The van der Waals surface area contributed by atoms with Crippen LogP contribution in [0.15, 0.2) is 38.1 Å². The maximum Gasteiger partial charge on any atom is 0.266 e. The molecule has 21 heavy (non-hydrogen) atoms. The number of nitrogens with zero attached hydrogens (tertiary/aromatic N) is 1. The molecule has 0 aliphatic carbocycles. The van der Waals surface area contributed by atoms with Gasteiger partial charge < -0.3 is 0 Å². The number of pyridine rings is 1. The summed E-state index contributed by atoms with van der Waals surface area (Å²) in [5.41, 5.74) is 0.656. The Balaban J connectivity index is 2.46. The molecule has 2 aromatic rings. The Labute approximate surface area is 149 Å². The highest BCUT2D eigenvalue weighted by molar-refractivity contribution is 9.10. The van der Waals surface area contributed by atoms with Crippen molar-refractivity contribution in [2.45, 2.75) is 11.8 Å². The van der Waals surface area contributed by atoms with Crippen molar-refractivity contribution in [1.82, 2.24) is 4.98 Å². The molecule has 0 aliphatic heterocycles. The van der Waals surface area contributed by atoms with Crippen molar-refractivity contribution in [3.63, 3.8) is 0 Å². The SMILES string of the molecule is Cc1nc(NS(=O)(=O)c2c(Cl)cc(Br)cc2Cl)ccc1Br. The molecular weight excluding hydrogens is 467 g/mol. The third kappa shape index (κ3) is 3.90. The normalized spacial score (nSPS) is 11.5. The molecule has 0 amide bonds. The third-order valence-electron chi connectivity index (χ3n) is 2.49. The zero-order chi connectivity index (χ0) is 15.8. The predicted molar refractivity (Wildman–Crippen MR) is 91.6 cm³/mol. The van der Waals surface area contributed by atoms with Crippen LogP contribution in [0.5, 0.6) is 0 Å². The summed E-state index contributed by atoms with van der Waals surface area (Å²) < 4.78 is 28.5. The fraction of sp³-hybridized carbons (Fsp3) is 0.0833. The molecule has 0 unspecified atom stereocenters. The van der Waals surface area contributed by atoms with E-state index in [2.05, 4.69) is 41.6 Å². The summed E-state index contributed by atoms with van der Waals surface area (Å²) in [4.78, 5) is 3.94. The number of halogens is 4. The molecule has 0 radical (unpaired) electrons. The van der Waals surface area contributed by atoms with Gasteiger partial charge in [0.15, 0.2) is 0 Å². The van der Waals surface area contributed by atoms with E-state index in [-0.39, 0.29) is 20.8 Å². The number of nitrogens with one attached hydrogen (secondary N) is 1. The average Bonchev–Trinajstić information content (AvgIpc) is 2.31. The Hall–Kier alpha value is -0.340. The molecule has 1 N–H and O–H groups in total. The number of aromatic nitrogens is 1. The maximum atomic E-state index is 12.4. The van der Waals surface area contributed by atoms with E-state index < -0.39 is 10.0 Å². The number of rotatable bonds is 3. The van der Waals surface area contributed by atoms with Crippen LogP contribution in [-0.4, -0.2) is 13.4 Å². The summed E-state index contributed by atoms with van der Waals surface area (Å²) >= 11 is 18.5. The van der Waals surface area contributed by atoms with E-state index in [4.69, 9.17) is 23.2 Å². The average molecular weight is 475 g/mol. The largest absolute Gasteiger partial charge is 0.266 e. The molecule has 1 aromatic heterocycles. The fourth-order valence-electron chi connectivity index (χ4n) is 1.58. The van der Waals surface area contributed by atoms with E-state index in [1.165, 1.54) is 18.2 Å². The topological polar surface area (TPSA) is 59.1 Å². The van der Waals surface area contributed by atoms with Gasteiger partial charge in [-0.1, -0.05) is 39.1 Å². The molecule has 1 heterocycles. The van der Waals surface area contributed by atoms with Crippen LogP contribution in [0.25, 0.3) is 0 Å². The molecule has 1 aromatic carbocycles. The van der Waals surface area contributed by atoms with Gasteiger partial charge in [-0.15, -0.1) is 0 Å². The van der Waals surface area contributed by atoms with Crippen LogP contribution in [0, 0.1) is 6.92 Å². The van der Waals surface area contributed by atoms with Crippen LogP contribution in [0.2, 0.25) is 10.0 Å². The molecule has 0 spiro atoms. The van der Waals surface area contributed by atoms with E-state index >= 15 is 0 Å². The summed E-state index contributed by atoms with van der Waals surface area (Å²) in [5.74, 6) is 0.186. The molecule has 0 saturated heterocycles. The molecule has 0 saturated carbocycles. The molecule has 0 aliphatic rings. The molecule has 0 bridgehead atoms. The van der Waals surface area contributed by atoms with Gasteiger partial charge in [-0.25, -0.2) is 13.4 Å². The summed E-state index contributed by atoms with van der Waals surface area (Å²) in [6.45, 7) is 1.75. The number of anilines is 1. The van der Waals surface area contributed by atoms with Crippen molar-refractivity contribution >= 4 is 70.9 Å². The Morgan fingerprint density at radius 2 is 1.71 bits per heavy atom. The first-order valence-corrected chi connectivity index (χ1v) is 9.34. The molecular formula is C12H8Br2Cl2N2O2S. The highest BCUT2D eigenvalue weighted by Crippen LogP contribution is 2.33. The van der Waals surface area contributed by atoms with Crippen LogP contribution < -0.4 is 4.72 Å². The highest BCUT2D eigenvalue weighted by atomic mass is 79.9. The van der Waals surface area contributed by atoms with Gasteiger partial charge in [0, 0.05) is 8.95 Å². The quantitative estimate of drug-likeness (QED) is 0.679. The number of sulfonamides is 1. The first-order chi connectivity index (χ1) is 9.70. The van der Waals surface area contributed by atoms with Gasteiger partial charge in [-0.05, 0) is 47.1 Å². The van der Waals surface area contributed by atoms with E-state index in [9.17, 15) is 8.42 Å². The van der Waals surface area contributed by atoms with Crippen LogP contribution >= 0.6 is 55.1 Å². The predicted octanol–water partition coefficient (Wildman–Crippen LogP) is 5.02. The van der Waals surface area contributed by atoms with Gasteiger partial charge in [0.2, 0.25) is 0 Å². The summed E-state index contributed by atoms with van der Waals surface area (Å²) in [6, 6.07) is 6.16. The standard InChI is InChI=1S/C12H8Br2Cl2N2O2S/c1-6-8(14)2-3-11(17-6)18-21(19,20)12-9(15)4-7(13)5-10(12)16/h2-5H,1H3,(H,17,18). The van der Waals surface area contributed by atoms with Crippen molar-refractivity contribution in [2.24, 2.45) is 0 Å². The minimum absolute atomic E-state index is 0.0238. The van der Waals surface area contributed by atoms with Gasteiger partial charge >= 0.3 is 0 Å². The minimum Gasteiger partial charge on any atom is -0.263 e. The third-order valence-corrected chi connectivity index (χ3v) is 6.06. The number of aryl methyl sites for hydroxylation is 1. The first kappa shape index (κ1) is 17.0. The van der Waals surface area contributed by atoms with E-state index in [0.29, 0.717) is 10.2 Å². The fourth-order valence-corrected chi connectivity index (χ4v) is 4.74. The minimum atomic E-state index is -3.93. The number of hydrogen-bond donors (Lipinski definition) is 1. The van der Waals surface area contributed by atoms with Crippen molar-refractivity contribution < 1.29 is 8.42 Å². The van der Waals surface area contributed by atoms with Crippen LogP contribution in [-0.2, 0) is 10.0 Å². The Bertz CT molecular complexity index is 790. The zero-order valence-corrected chi connectivity index (χ0v) is 16.0. The zero-order valence-electron chi connectivity index (χ0n) is 10.5. The summed E-state index contributed by atoms with van der Waals surface area (Å²) in [6.07, 6.45) is 0. The van der Waals surface area contributed by atoms with Crippen molar-refractivity contribution in [3.05, 3.63) is 49.0 Å².